The van der Waals surface area contributed by atoms with Crippen molar-refractivity contribution in [1.29, 1.82) is 0 Å². The van der Waals surface area contributed by atoms with Gasteiger partial charge in [0.05, 0.1) is 34.4 Å². The highest BCUT2D eigenvalue weighted by Crippen LogP contribution is 2.49. The zero-order chi connectivity index (χ0) is 20.5. The Morgan fingerprint density at radius 2 is 1.59 bits per heavy atom. The second-order valence-corrected chi connectivity index (χ2v) is 7.01. The summed E-state index contributed by atoms with van der Waals surface area (Å²) in [5.74, 6) is 2.19. The zero-order valence-electron chi connectivity index (χ0n) is 16.9. The van der Waals surface area contributed by atoms with Gasteiger partial charge in [-0.1, -0.05) is 0 Å². The molecule has 7 nitrogen and oxygen atoms in total. The van der Waals surface area contributed by atoms with Crippen molar-refractivity contribution >= 4 is 5.97 Å². The van der Waals surface area contributed by atoms with Crippen LogP contribution in [-0.4, -0.2) is 41.2 Å². The van der Waals surface area contributed by atoms with E-state index >= 15 is 0 Å². The normalized spacial score (nSPS) is 19.3. The second kappa shape index (κ2) is 7.73. The summed E-state index contributed by atoms with van der Waals surface area (Å²) < 4.78 is 32.8. The van der Waals surface area contributed by atoms with E-state index in [0.29, 0.717) is 29.4 Å². The highest BCUT2D eigenvalue weighted by Gasteiger charge is 2.38. The first-order chi connectivity index (χ1) is 14.1. The number of carbonyl (C=O) groups is 1. The zero-order valence-corrected chi connectivity index (χ0v) is 16.9. The molecule has 0 radical (unpaired) electrons. The molecule has 0 N–H and O–H groups in total. The van der Waals surface area contributed by atoms with Crippen LogP contribution in [0.4, 0.5) is 0 Å². The minimum Gasteiger partial charge on any atom is -0.493 e. The van der Waals surface area contributed by atoms with Crippen LogP contribution >= 0.6 is 0 Å². The molecular formula is C22H24O7. The van der Waals surface area contributed by atoms with E-state index in [1.165, 1.54) is 7.11 Å². The number of fused-ring (bicyclic) bond motifs is 2. The van der Waals surface area contributed by atoms with Gasteiger partial charge in [-0.3, -0.25) is 4.79 Å². The van der Waals surface area contributed by atoms with Crippen LogP contribution < -0.4 is 23.7 Å². The number of hydrogen-bond acceptors (Lipinski definition) is 7. The van der Waals surface area contributed by atoms with Crippen LogP contribution in [-0.2, 0) is 16.0 Å². The first kappa shape index (κ1) is 19.2. The van der Waals surface area contributed by atoms with Crippen LogP contribution in [0.3, 0.4) is 0 Å². The molecule has 154 valence electrons. The Hall–Kier alpha value is -3.09. The van der Waals surface area contributed by atoms with Gasteiger partial charge in [-0.15, -0.1) is 0 Å². The molecule has 0 spiro atoms. The van der Waals surface area contributed by atoms with Gasteiger partial charge in [0.2, 0.25) is 12.5 Å². The Kier molecular flexibility index (Phi) is 5.13. The molecule has 4 rings (SSSR count). The summed E-state index contributed by atoms with van der Waals surface area (Å²) in [6, 6.07) is 7.76. The van der Waals surface area contributed by atoms with E-state index in [2.05, 4.69) is 0 Å². The number of methoxy groups -OCH3 is 4. The molecule has 0 fully saturated rings. The summed E-state index contributed by atoms with van der Waals surface area (Å²) >= 11 is 0. The quantitative estimate of drug-likeness (QED) is 0.713. The van der Waals surface area contributed by atoms with Crippen molar-refractivity contribution in [3.8, 4) is 28.7 Å². The molecule has 2 aromatic rings. The van der Waals surface area contributed by atoms with Crippen LogP contribution in [0.15, 0.2) is 24.3 Å². The van der Waals surface area contributed by atoms with Gasteiger partial charge in [-0.05, 0) is 53.8 Å². The lowest BCUT2D eigenvalue weighted by atomic mass is 9.71. The minimum absolute atomic E-state index is 0.202. The van der Waals surface area contributed by atoms with Crippen LogP contribution in [0.1, 0.15) is 29.0 Å². The minimum atomic E-state index is -0.337. The lowest BCUT2D eigenvalue weighted by Gasteiger charge is -2.33. The topological polar surface area (TPSA) is 72.5 Å². The van der Waals surface area contributed by atoms with Crippen molar-refractivity contribution in [2.75, 3.05) is 35.2 Å². The van der Waals surface area contributed by atoms with Crippen LogP contribution in [0.2, 0.25) is 0 Å². The smallest absolute Gasteiger partial charge is 0.309 e. The third kappa shape index (κ3) is 3.20. The summed E-state index contributed by atoms with van der Waals surface area (Å²) in [5.41, 5.74) is 3.04. The van der Waals surface area contributed by atoms with E-state index in [1.54, 1.807) is 21.3 Å². The molecule has 29 heavy (non-hydrogen) atoms. The number of esters is 1. The molecular weight excluding hydrogens is 376 g/mol. The van der Waals surface area contributed by atoms with Crippen molar-refractivity contribution in [3.05, 3.63) is 41.0 Å². The largest absolute Gasteiger partial charge is 0.493 e. The van der Waals surface area contributed by atoms with E-state index in [-0.39, 0.29) is 24.6 Å². The van der Waals surface area contributed by atoms with E-state index in [0.717, 1.165) is 28.9 Å². The number of ether oxygens (including phenoxy) is 6. The van der Waals surface area contributed by atoms with Crippen molar-refractivity contribution in [2.24, 2.45) is 5.92 Å². The standard InChI is InChI=1S/C22H24O7/c1-24-18-8-13(9-19(25-2)21(18)26-3)20-14(22(23)27-4)6-5-12-7-16-17(10-15(12)20)29-11-28-16/h7-10,14,20H,5-6,11H2,1-4H3/t14-,20+/m0/s1. The molecule has 0 amide bonds. The van der Waals surface area contributed by atoms with Gasteiger partial charge in [0.25, 0.3) is 0 Å². The van der Waals surface area contributed by atoms with E-state index in [1.807, 2.05) is 24.3 Å². The first-order valence-corrected chi connectivity index (χ1v) is 9.41. The maximum Gasteiger partial charge on any atom is 0.309 e. The van der Waals surface area contributed by atoms with E-state index in [9.17, 15) is 4.79 Å². The van der Waals surface area contributed by atoms with Gasteiger partial charge in [-0.2, -0.15) is 0 Å². The lowest BCUT2D eigenvalue weighted by molar-refractivity contribution is -0.146. The molecule has 1 aliphatic carbocycles. The van der Waals surface area contributed by atoms with Gasteiger partial charge in [0, 0.05) is 5.92 Å². The van der Waals surface area contributed by atoms with Crippen molar-refractivity contribution in [3.63, 3.8) is 0 Å². The summed E-state index contributed by atoms with van der Waals surface area (Å²) in [4.78, 5) is 12.7. The molecule has 0 aromatic heterocycles. The fraction of sp³-hybridized carbons (Fsp3) is 0.409. The van der Waals surface area contributed by atoms with Gasteiger partial charge in [0.1, 0.15) is 0 Å². The Morgan fingerprint density at radius 1 is 0.931 bits per heavy atom. The number of hydrogen-bond donors (Lipinski definition) is 0. The highest BCUT2D eigenvalue weighted by molar-refractivity contribution is 5.76. The highest BCUT2D eigenvalue weighted by atomic mass is 16.7. The molecule has 0 unspecified atom stereocenters. The fourth-order valence-corrected chi connectivity index (χ4v) is 4.30. The Balaban J connectivity index is 1.90. The van der Waals surface area contributed by atoms with E-state index < -0.39 is 0 Å². The molecule has 0 bridgehead atoms. The molecule has 2 aliphatic rings. The monoisotopic (exact) mass is 400 g/mol. The van der Waals surface area contributed by atoms with Crippen LogP contribution in [0, 0.1) is 5.92 Å². The Labute approximate surface area is 169 Å². The summed E-state index contributed by atoms with van der Waals surface area (Å²) in [6.07, 6.45) is 1.42. The number of rotatable bonds is 5. The molecule has 0 saturated carbocycles. The molecule has 1 aliphatic heterocycles. The van der Waals surface area contributed by atoms with Gasteiger partial charge >= 0.3 is 5.97 Å². The number of carbonyl (C=O) groups excluding carboxylic acids is 1. The summed E-state index contributed by atoms with van der Waals surface area (Å²) in [7, 11) is 6.13. The van der Waals surface area contributed by atoms with Gasteiger partial charge < -0.3 is 28.4 Å². The van der Waals surface area contributed by atoms with Crippen molar-refractivity contribution < 1.29 is 33.2 Å². The maximum absolute atomic E-state index is 12.7. The Bertz CT molecular complexity index is 912. The summed E-state index contributed by atoms with van der Waals surface area (Å²) in [6.45, 7) is 0.202. The third-order valence-electron chi connectivity index (χ3n) is 5.65. The number of aryl methyl sites for hydroxylation is 1. The summed E-state index contributed by atoms with van der Waals surface area (Å²) in [5, 5.41) is 0. The number of benzene rings is 2. The molecule has 2 aromatic carbocycles. The van der Waals surface area contributed by atoms with Crippen molar-refractivity contribution in [2.45, 2.75) is 18.8 Å². The van der Waals surface area contributed by atoms with Crippen LogP contribution in [0.5, 0.6) is 28.7 Å². The third-order valence-corrected chi connectivity index (χ3v) is 5.65. The van der Waals surface area contributed by atoms with Crippen LogP contribution in [0.25, 0.3) is 0 Å². The molecule has 2 atom stereocenters. The van der Waals surface area contributed by atoms with Crippen molar-refractivity contribution in [1.82, 2.24) is 0 Å². The van der Waals surface area contributed by atoms with E-state index in [4.69, 9.17) is 28.4 Å². The fourth-order valence-electron chi connectivity index (χ4n) is 4.30. The average molecular weight is 400 g/mol. The molecule has 0 saturated heterocycles. The predicted octanol–water partition coefficient (Wildman–Crippen LogP) is 3.31. The predicted molar refractivity (Wildman–Crippen MR) is 104 cm³/mol. The Morgan fingerprint density at radius 3 is 2.17 bits per heavy atom. The first-order valence-electron chi connectivity index (χ1n) is 9.41. The molecule has 1 heterocycles. The lowest BCUT2D eigenvalue weighted by Crippen LogP contribution is -2.29. The second-order valence-electron chi connectivity index (χ2n) is 7.01. The SMILES string of the molecule is COC(=O)[C@H]1CCc2cc3c(cc2[C@@H]1c1cc(OC)c(OC)c(OC)c1)OCO3. The maximum atomic E-state index is 12.7. The molecule has 7 heteroatoms. The average Bonchev–Trinajstić information content (AvgIpc) is 3.22. The van der Waals surface area contributed by atoms with Gasteiger partial charge in [0.15, 0.2) is 23.0 Å². The van der Waals surface area contributed by atoms with Gasteiger partial charge in [-0.25, -0.2) is 0 Å².